The van der Waals surface area contributed by atoms with Crippen LogP contribution in [0.5, 0.6) is 5.75 Å². The van der Waals surface area contributed by atoms with E-state index in [4.69, 9.17) is 4.74 Å². The van der Waals surface area contributed by atoms with Crippen LogP contribution < -0.4 is 4.74 Å². The van der Waals surface area contributed by atoms with Gasteiger partial charge in [0.05, 0.1) is 18.3 Å². The molecule has 0 saturated carbocycles. The van der Waals surface area contributed by atoms with Gasteiger partial charge in [-0.05, 0) is 24.5 Å². The third kappa shape index (κ3) is 1.62. The molecule has 1 aliphatic rings. The highest BCUT2D eigenvalue weighted by molar-refractivity contribution is 5.94. The van der Waals surface area contributed by atoms with Gasteiger partial charge in [-0.15, -0.1) is 0 Å². The Morgan fingerprint density at radius 2 is 1.95 bits per heavy atom. The number of rotatable bonds is 1. The summed E-state index contributed by atoms with van der Waals surface area (Å²) in [4.78, 5) is 0. The molecule has 0 aliphatic carbocycles. The van der Waals surface area contributed by atoms with E-state index in [9.17, 15) is 0 Å². The second kappa shape index (κ2) is 4.12. The zero-order chi connectivity index (χ0) is 12.7. The summed E-state index contributed by atoms with van der Waals surface area (Å²) < 4.78 is 5.75. The summed E-state index contributed by atoms with van der Waals surface area (Å²) in [5.41, 5.74) is 4.88. The van der Waals surface area contributed by atoms with Gasteiger partial charge < -0.3 is 4.74 Å². The molecular weight excluding hydrogens is 236 g/mol. The monoisotopic (exact) mass is 250 g/mol. The lowest BCUT2D eigenvalue weighted by molar-refractivity contribution is 0.289. The van der Waals surface area contributed by atoms with Crippen molar-refractivity contribution in [3.05, 3.63) is 48.2 Å². The number of para-hydroxylation sites is 1. The summed E-state index contributed by atoms with van der Waals surface area (Å²) in [6.45, 7) is 0.824. The van der Waals surface area contributed by atoms with Crippen LogP contribution in [0.4, 0.5) is 0 Å². The number of nitrogens with zero attached hydrogens (tertiary/aromatic N) is 1. The van der Waals surface area contributed by atoms with Crippen molar-refractivity contribution in [1.82, 2.24) is 10.2 Å². The van der Waals surface area contributed by atoms with E-state index in [0.29, 0.717) is 0 Å². The number of nitrogens with one attached hydrogen (secondary N) is 1. The Balaban J connectivity index is 2.00. The molecule has 0 fully saturated rings. The summed E-state index contributed by atoms with van der Waals surface area (Å²) in [5.74, 6) is 1.03. The molecule has 0 atom stereocenters. The highest BCUT2D eigenvalue weighted by atomic mass is 16.5. The van der Waals surface area contributed by atoms with Gasteiger partial charge >= 0.3 is 0 Å². The first-order chi connectivity index (χ1) is 9.43. The standard InChI is InChI=1S/C16H14N2O/c1-4-11-10-17-18-16(11)14(6-1)12-5-2-8-15-13(12)7-3-9-19-15/h1-2,4-6,8,10H,3,7,9H2,(H,17,18). The van der Waals surface area contributed by atoms with Gasteiger partial charge in [0, 0.05) is 16.5 Å². The number of ether oxygens (including phenoxy) is 1. The zero-order valence-corrected chi connectivity index (χ0v) is 10.5. The van der Waals surface area contributed by atoms with Crippen LogP contribution in [0.3, 0.4) is 0 Å². The average Bonchev–Trinajstić information content (AvgIpc) is 2.95. The molecule has 1 aliphatic heterocycles. The van der Waals surface area contributed by atoms with E-state index in [1.165, 1.54) is 16.7 Å². The van der Waals surface area contributed by atoms with E-state index in [0.717, 1.165) is 36.1 Å². The molecule has 0 unspecified atom stereocenters. The molecule has 3 nitrogen and oxygen atoms in total. The lowest BCUT2D eigenvalue weighted by Crippen LogP contribution is -2.09. The van der Waals surface area contributed by atoms with E-state index in [1.54, 1.807) is 0 Å². The maximum absolute atomic E-state index is 5.75. The van der Waals surface area contributed by atoms with Crippen LogP contribution in [0.15, 0.2) is 42.6 Å². The summed E-state index contributed by atoms with van der Waals surface area (Å²) in [6.07, 6.45) is 4.03. The van der Waals surface area contributed by atoms with Crippen LogP contribution in [-0.2, 0) is 6.42 Å². The molecule has 0 amide bonds. The fraction of sp³-hybridized carbons (Fsp3) is 0.188. The van der Waals surface area contributed by atoms with E-state index in [1.807, 2.05) is 6.20 Å². The Morgan fingerprint density at radius 3 is 2.95 bits per heavy atom. The summed E-state index contributed by atoms with van der Waals surface area (Å²) in [7, 11) is 0. The maximum atomic E-state index is 5.75. The minimum atomic E-state index is 0.824. The minimum absolute atomic E-state index is 0.824. The van der Waals surface area contributed by atoms with Crippen molar-refractivity contribution >= 4 is 10.9 Å². The van der Waals surface area contributed by atoms with E-state index < -0.39 is 0 Å². The van der Waals surface area contributed by atoms with Crippen LogP contribution in [0.1, 0.15) is 12.0 Å². The molecule has 2 aromatic carbocycles. The lowest BCUT2D eigenvalue weighted by atomic mass is 9.93. The van der Waals surface area contributed by atoms with Gasteiger partial charge in [0.2, 0.25) is 0 Å². The second-order valence-electron chi connectivity index (χ2n) is 4.87. The Hall–Kier alpha value is -2.29. The maximum Gasteiger partial charge on any atom is 0.123 e. The minimum Gasteiger partial charge on any atom is -0.493 e. The quantitative estimate of drug-likeness (QED) is 0.717. The smallest absolute Gasteiger partial charge is 0.123 e. The van der Waals surface area contributed by atoms with Crippen molar-refractivity contribution in [2.45, 2.75) is 12.8 Å². The molecule has 1 N–H and O–H groups in total. The van der Waals surface area contributed by atoms with Crippen molar-refractivity contribution in [2.75, 3.05) is 6.61 Å². The Kier molecular flexibility index (Phi) is 2.30. The van der Waals surface area contributed by atoms with Gasteiger partial charge in [0.15, 0.2) is 0 Å². The molecule has 4 rings (SSSR count). The van der Waals surface area contributed by atoms with Crippen molar-refractivity contribution < 1.29 is 4.74 Å². The van der Waals surface area contributed by atoms with Gasteiger partial charge in [0.25, 0.3) is 0 Å². The largest absolute Gasteiger partial charge is 0.493 e. The normalized spacial score (nSPS) is 14.1. The van der Waals surface area contributed by atoms with Gasteiger partial charge in [-0.1, -0.05) is 30.3 Å². The number of aromatic amines is 1. The SMILES string of the molecule is c1cc2c(c(-c3cccc4cn[nH]c34)c1)CCCO2. The van der Waals surface area contributed by atoms with E-state index in [-0.39, 0.29) is 0 Å². The number of benzene rings is 2. The summed E-state index contributed by atoms with van der Waals surface area (Å²) in [6, 6.07) is 12.6. The van der Waals surface area contributed by atoms with Crippen LogP contribution in [0.2, 0.25) is 0 Å². The predicted octanol–water partition coefficient (Wildman–Crippen LogP) is 3.55. The third-order valence-corrected chi connectivity index (χ3v) is 3.73. The second-order valence-corrected chi connectivity index (χ2v) is 4.87. The lowest BCUT2D eigenvalue weighted by Gasteiger charge is -2.20. The Labute approximate surface area is 111 Å². The van der Waals surface area contributed by atoms with Crippen LogP contribution in [0.25, 0.3) is 22.0 Å². The van der Waals surface area contributed by atoms with Crippen molar-refractivity contribution in [2.24, 2.45) is 0 Å². The van der Waals surface area contributed by atoms with Crippen molar-refractivity contribution in [3.8, 4) is 16.9 Å². The number of hydrogen-bond donors (Lipinski definition) is 1. The van der Waals surface area contributed by atoms with Crippen LogP contribution in [0, 0.1) is 0 Å². The highest BCUT2D eigenvalue weighted by Gasteiger charge is 2.16. The molecule has 19 heavy (non-hydrogen) atoms. The fourth-order valence-electron chi connectivity index (χ4n) is 2.84. The van der Waals surface area contributed by atoms with E-state index in [2.05, 4.69) is 46.6 Å². The molecule has 0 saturated heterocycles. The molecule has 3 aromatic rings. The number of aromatic nitrogens is 2. The van der Waals surface area contributed by atoms with Gasteiger partial charge in [-0.2, -0.15) is 5.10 Å². The third-order valence-electron chi connectivity index (χ3n) is 3.73. The fourth-order valence-corrected chi connectivity index (χ4v) is 2.84. The average molecular weight is 250 g/mol. The van der Waals surface area contributed by atoms with Crippen LogP contribution >= 0.6 is 0 Å². The number of hydrogen-bond acceptors (Lipinski definition) is 2. The molecule has 0 bridgehead atoms. The van der Waals surface area contributed by atoms with Gasteiger partial charge in [-0.25, -0.2) is 0 Å². The van der Waals surface area contributed by atoms with Crippen molar-refractivity contribution in [1.29, 1.82) is 0 Å². The van der Waals surface area contributed by atoms with Crippen molar-refractivity contribution in [3.63, 3.8) is 0 Å². The summed E-state index contributed by atoms with van der Waals surface area (Å²) >= 11 is 0. The molecule has 94 valence electrons. The zero-order valence-electron chi connectivity index (χ0n) is 10.5. The molecule has 0 radical (unpaired) electrons. The predicted molar refractivity (Wildman–Crippen MR) is 75.3 cm³/mol. The van der Waals surface area contributed by atoms with E-state index >= 15 is 0 Å². The van der Waals surface area contributed by atoms with Gasteiger partial charge in [0.1, 0.15) is 5.75 Å². The molecule has 1 aromatic heterocycles. The number of H-pyrrole nitrogens is 1. The first kappa shape index (κ1) is 10.6. The molecular formula is C16H14N2O. The topological polar surface area (TPSA) is 37.9 Å². The Bertz CT molecular complexity index is 745. The molecule has 0 spiro atoms. The van der Waals surface area contributed by atoms with Crippen LogP contribution in [-0.4, -0.2) is 16.8 Å². The first-order valence-corrected chi connectivity index (χ1v) is 6.60. The van der Waals surface area contributed by atoms with Gasteiger partial charge in [-0.3, -0.25) is 5.10 Å². The molecule has 2 heterocycles. The Morgan fingerprint density at radius 1 is 1.05 bits per heavy atom. The highest BCUT2D eigenvalue weighted by Crippen LogP contribution is 2.36. The first-order valence-electron chi connectivity index (χ1n) is 6.60. The number of fused-ring (bicyclic) bond motifs is 2. The molecule has 3 heteroatoms. The summed E-state index contributed by atoms with van der Waals surface area (Å²) in [5, 5.41) is 8.39.